The number of amides is 1. The van der Waals surface area contributed by atoms with Gasteiger partial charge in [0, 0.05) is 14.1 Å². The van der Waals surface area contributed by atoms with Gasteiger partial charge in [0.15, 0.2) is 18.1 Å². The number of furan rings is 1. The lowest BCUT2D eigenvalue weighted by atomic mass is 10.2. The van der Waals surface area contributed by atoms with E-state index in [9.17, 15) is 4.79 Å². The standard InChI is InChI=1S/C13H16N2O3/c1-15(2)12(16)8-17-13-9-5-3-4-6-10(9)18-11(13)7-14/h3-6H,7-8,14H2,1-2H3. The van der Waals surface area contributed by atoms with Crippen LogP contribution in [0.2, 0.25) is 0 Å². The molecule has 2 N–H and O–H groups in total. The lowest BCUT2D eigenvalue weighted by molar-refractivity contribution is -0.130. The Balaban J connectivity index is 2.28. The van der Waals surface area contributed by atoms with Crippen LogP contribution in [-0.2, 0) is 11.3 Å². The third kappa shape index (κ3) is 2.31. The molecule has 5 heteroatoms. The molecule has 0 radical (unpaired) electrons. The minimum absolute atomic E-state index is 0.0243. The van der Waals surface area contributed by atoms with Crippen molar-refractivity contribution in [2.24, 2.45) is 5.73 Å². The van der Waals surface area contributed by atoms with Crippen LogP contribution >= 0.6 is 0 Å². The fourth-order valence-corrected chi connectivity index (χ4v) is 1.63. The minimum Gasteiger partial charge on any atom is -0.479 e. The van der Waals surface area contributed by atoms with Gasteiger partial charge >= 0.3 is 0 Å². The Labute approximate surface area is 105 Å². The van der Waals surface area contributed by atoms with Gasteiger partial charge in [-0.25, -0.2) is 0 Å². The summed E-state index contributed by atoms with van der Waals surface area (Å²) < 4.78 is 11.1. The second kappa shape index (κ2) is 5.10. The maximum absolute atomic E-state index is 11.5. The van der Waals surface area contributed by atoms with Gasteiger partial charge in [-0.05, 0) is 12.1 Å². The van der Waals surface area contributed by atoms with E-state index >= 15 is 0 Å². The van der Waals surface area contributed by atoms with Gasteiger partial charge in [-0.15, -0.1) is 0 Å². The van der Waals surface area contributed by atoms with Gasteiger partial charge < -0.3 is 19.8 Å². The van der Waals surface area contributed by atoms with Crippen molar-refractivity contribution >= 4 is 16.9 Å². The van der Waals surface area contributed by atoms with Gasteiger partial charge in [0.2, 0.25) is 0 Å². The highest BCUT2D eigenvalue weighted by molar-refractivity contribution is 5.86. The summed E-state index contributed by atoms with van der Waals surface area (Å²) >= 11 is 0. The van der Waals surface area contributed by atoms with Gasteiger partial charge in [-0.2, -0.15) is 0 Å². The summed E-state index contributed by atoms with van der Waals surface area (Å²) in [6, 6.07) is 7.49. The molecule has 0 aliphatic rings. The molecule has 2 aromatic rings. The van der Waals surface area contributed by atoms with Crippen molar-refractivity contribution in [1.82, 2.24) is 4.90 Å². The first-order valence-corrected chi connectivity index (χ1v) is 5.67. The van der Waals surface area contributed by atoms with Crippen LogP contribution in [0.25, 0.3) is 11.0 Å². The van der Waals surface area contributed by atoms with Crippen LogP contribution in [-0.4, -0.2) is 31.5 Å². The predicted octanol–water partition coefficient (Wildman–Crippen LogP) is 1.36. The van der Waals surface area contributed by atoms with Crippen LogP contribution < -0.4 is 10.5 Å². The van der Waals surface area contributed by atoms with E-state index in [1.807, 2.05) is 24.3 Å². The number of ether oxygens (including phenoxy) is 1. The molecule has 0 aliphatic heterocycles. The average Bonchev–Trinajstić information content (AvgIpc) is 2.73. The fraction of sp³-hybridized carbons (Fsp3) is 0.308. The van der Waals surface area contributed by atoms with E-state index in [4.69, 9.17) is 14.9 Å². The maximum atomic E-state index is 11.5. The van der Waals surface area contributed by atoms with Crippen molar-refractivity contribution in [1.29, 1.82) is 0 Å². The first-order valence-electron chi connectivity index (χ1n) is 5.67. The fourth-order valence-electron chi connectivity index (χ4n) is 1.63. The van der Waals surface area contributed by atoms with Gasteiger partial charge in [0.1, 0.15) is 5.58 Å². The Bertz CT molecular complexity index is 560. The number of likely N-dealkylation sites (N-methyl/N-ethyl adjacent to an activating group) is 1. The number of carbonyl (C=O) groups excluding carboxylic acids is 1. The number of para-hydroxylation sites is 1. The number of hydrogen-bond donors (Lipinski definition) is 1. The largest absolute Gasteiger partial charge is 0.479 e. The van der Waals surface area contributed by atoms with Crippen molar-refractivity contribution < 1.29 is 13.9 Å². The topological polar surface area (TPSA) is 68.7 Å². The summed E-state index contributed by atoms with van der Waals surface area (Å²) in [6.07, 6.45) is 0. The highest BCUT2D eigenvalue weighted by Gasteiger charge is 2.15. The average molecular weight is 248 g/mol. The number of nitrogens with zero attached hydrogens (tertiary/aromatic N) is 1. The molecule has 0 bridgehead atoms. The van der Waals surface area contributed by atoms with Crippen LogP contribution in [0, 0.1) is 0 Å². The molecule has 0 saturated carbocycles. The predicted molar refractivity (Wildman–Crippen MR) is 68.3 cm³/mol. The van der Waals surface area contributed by atoms with E-state index in [0.29, 0.717) is 17.1 Å². The van der Waals surface area contributed by atoms with E-state index in [1.165, 1.54) is 4.90 Å². The van der Waals surface area contributed by atoms with Crippen LogP contribution in [0.4, 0.5) is 0 Å². The lowest BCUT2D eigenvalue weighted by Gasteiger charge is -2.11. The van der Waals surface area contributed by atoms with Crippen LogP contribution in [0.1, 0.15) is 5.76 Å². The van der Waals surface area contributed by atoms with Gasteiger partial charge in [0.25, 0.3) is 5.91 Å². The van der Waals surface area contributed by atoms with E-state index < -0.39 is 0 Å². The quantitative estimate of drug-likeness (QED) is 0.887. The zero-order valence-corrected chi connectivity index (χ0v) is 10.5. The Kier molecular flexibility index (Phi) is 3.53. The molecule has 5 nitrogen and oxygen atoms in total. The van der Waals surface area contributed by atoms with Crippen molar-refractivity contribution in [3.8, 4) is 5.75 Å². The summed E-state index contributed by atoms with van der Waals surface area (Å²) in [4.78, 5) is 13.0. The van der Waals surface area contributed by atoms with Crippen molar-refractivity contribution in [3.63, 3.8) is 0 Å². The molecule has 0 saturated heterocycles. The molecule has 0 spiro atoms. The smallest absolute Gasteiger partial charge is 0.259 e. The Morgan fingerprint density at radius 3 is 2.78 bits per heavy atom. The normalized spacial score (nSPS) is 10.6. The second-order valence-corrected chi connectivity index (χ2v) is 4.13. The number of nitrogens with two attached hydrogens (primary N) is 1. The first-order chi connectivity index (χ1) is 8.63. The molecular formula is C13H16N2O3. The lowest BCUT2D eigenvalue weighted by Crippen LogP contribution is -2.27. The molecule has 2 rings (SSSR count). The molecular weight excluding hydrogens is 232 g/mol. The molecule has 18 heavy (non-hydrogen) atoms. The van der Waals surface area contributed by atoms with Gasteiger partial charge in [0.05, 0.1) is 11.9 Å². The SMILES string of the molecule is CN(C)C(=O)COc1c(CN)oc2ccccc12. The highest BCUT2D eigenvalue weighted by Crippen LogP contribution is 2.32. The molecule has 1 aromatic heterocycles. The van der Waals surface area contributed by atoms with Crippen LogP contribution in [0.5, 0.6) is 5.75 Å². The number of carbonyl (C=O) groups is 1. The van der Waals surface area contributed by atoms with Gasteiger partial charge in [-0.1, -0.05) is 12.1 Å². The molecule has 96 valence electrons. The minimum atomic E-state index is -0.108. The summed E-state index contributed by atoms with van der Waals surface area (Å²) in [5.41, 5.74) is 6.32. The third-order valence-corrected chi connectivity index (χ3v) is 2.64. The summed E-state index contributed by atoms with van der Waals surface area (Å²) in [6.45, 7) is 0.212. The molecule has 0 aliphatic carbocycles. The third-order valence-electron chi connectivity index (χ3n) is 2.64. The molecule has 0 unspecified atom stereocenters. The monoisotopic (exact) mass is 248 g/mol. The molecule has 1 aromatic carbocycles. The number of rotatable bonds is 4. The Hall–Kier alpha value is -2.01. The zero-order chi connectivity index (χ0) is 13.1. The number of benzene rings is 1. The molecule has 0 fully saturated rings. The van der Waals surface area contributed by atoms with Gasteiger partial charge in [-0.3, -0.25) is 4.79 Å². The summed E-state index contributed by atoms with van der Waals surface area (Å²) in [5, 5.41) is 0.838. The van der Waals surface area contributed by atoms with Crippen molar-refractivity contribution in [2.45, 2.75) is 6.54 Å². The number of fused-ring (bicyclic) bond motifs is 1. The first kappa shape index (κ1) is 12.4. The maximum Gasteiger partial charge on any atom is 0.259 e. The van der Waals surface area contributed by atoms with E-state index in [0.717, 1.165) is 5.39 Å². The Morgan fingerprint density at radius 2 is 2.11 bits per heavy atom. The molecule has 1 heterocycles. The van der Waals surface area contributed by atoms with Crippen molar-refractivity contribution in [3.05, 3.63) is 30.0 Å². The van der Waals surface area contributed by atoms with Crippen LogP contribution in [0.15, 0.2) is 28.7 Å². The van der Waals surface area contributed by atoms with Crippen molar-refractivity contribution in [2.75, 3.05) is 20.7 Å². The number of hydrogen-bond acceptors (Lipinski definition) is 4. The Morgan fingerprint density at radius 1 is 1.39 bits per heavy atom. The zero-order valence-electron chi connectivity index (χ0n) is 10.5. The van der Waals surface area contributed by atoms with E-state index in [2.05, 4.69) is 0 Å². The highest BCUT2D eigenvalue weighted by atomic mass is 16.5. The van der Waals surface area contributed by atoms with E-state index in [1.54, 1.807) is 14.1 Å². The summed E-state index contributed by atoms with van der Waals surface area (Å²) in [5.74, 6) is 1.01. The van der Waals surface area contributed by atoms with E-state index in [-0.39, 0.29) is 19.1 Å². The second-order valence-electron chi connectivity index (χ2n) is 4.13. The van der Waals surface area contributed by atoms with Crippen LogP contribution in [0.3, 0.4) is 0 Å². The molecule has 0 atom stereocenters. The summed E-state index contributed by atoms with van der Waals surface area (Å²) in [7, 11) is 3.37. The molecule has 1 amide bonds.